The van der Waals surface area contributed by atoms with Crippen LogP contribution < -0.4 is 21.4 Å². The predicted molar refractivity (Wildman–Crippen MR) is 88.7 cm³/mol. The summed E-state index contributed by atoms with van der Waals surface area (Å²) in [6, 6.07) is 8.19. The molecule has 24 heavy (non-hydrogen) atoms. The number of carbonyl (C=O) groups excluding carboxylic acids is 3. The van der Waals surface area contributed by atoms with Crippen LogP contribution in [-0.4, -0.2) is 35.4 Å². The van der Waals surface area contributed by atoms with Crippen molar-refractivity contribution in [2.75, 3.05) is 5.43 Å². The van der Waals surface area contributed by atoms with Crippen LogP contribution in [0.25, 0.3) is 0 Å². The summed E-state index contributed by atoms with van der Waals surface area (Å²) >= 11 is 0. The summed E-state index contributed by atoms with van der Waals surface area (Å²) in [5, 5.41) is 18.2. The summed E-state index contributed by atoms with van der Waals surface area (Å²) in [7, 11) is 0. The second-order valence-corrected chi connectivity index (χ2v) is 5.44. The molecule has 4 amide bonds. The number of urea groups is 1. The molecule has 1 heterocycles. The molecule has 2 rings (SSSR count). The van der Waals surface area contributed by atoms with Crippen molar-refractivity contribution in [1.29, 1.82) is 5.41 Å². The molecule has 9 heteroatoms. The third kappa shape index (κ3) is 3.40. The Bertz CT molecular complexity index is 700. The standard InChI is InChI=1S/C15H18N6O3/c1-9(2)15(13(23)17-14(24)19-15)18-12(22)11(8-16)21-20-10-6-4-3-5-7-10/h3-9,16,20H,1-2H3,(H,18,22)(H2,17,19,23,24)/b16-8?,21-11+. The maximum absolute atomic E-state index is 12.3. The smallest absolute Gasteiger partial charge is 0.320 e. The van der Waals surface area contributed by atoms with Gasteiger partial charge in [-0.25, -0.2) is 4.79 Å². The Hall–Kier alpha value is -3.23. The molecular weight excluding hydrogens is 312 g/mol. The number of nitrogens with zero attached hydrogens (tertiary/aromatic N) is 1. The van der Waals surface area contributed by atoms with Crippen LogP contribution in [0.2, 0.25) is 0 Å². The quantitative estimate of drug-likeness (QED) is 0.293. The highest BCUT2D eigenvalue weighted by molar-refractivity contribution is 6.60. The number of imide groups is 1. The first-order valence-corrected chi connectivity index (χ1v) is 7.24. The predicted octanol–water partition coefficient (Wildman–Crippen LogP) is 0.412. The Balaban J connectivity index is 2.17. The SMILES string of the molecule is CC(C)C1(NC(=O)/C(C=N)=N/Nc2ccccc2)NC(=O)NC1=O. The Labute approximate surface area is 138 Å². The maximum atomic E-state index is 12.3. The molecule has 1 aromatic rings. The fraction of sp³-hybridized carbons (Fsp3) is 0.267. The first-order chi connectivity index (χ1) is 11.4. The fourth-order valence-corrected chi connectivity index (χ4v) is 2.14. The number of hydrazone groups is 1. The van der Waals surface area contributed by atoms with Crippen molar-refractivity contribution >= 4 is 35.5 Å². The summed E-state index contributed by atoms with van der Waals surface area (Å²) in [6.07, 6.45) is 0.758. The lowest BCUT2D eigenvalue weighted by atomic mass is 9.95. The van der Waals surface area contributed by atoms with Crippen molar-refractivity contribution in [2.45, 2.75) is 19.5 Å². The molecule has 1 fully saturated rings. The molecule has 126 valence electrons. The Morgan fingerprint density at radius 2 is 1.96 bits per heavy atom. The van der Waals surface area contributed by atoms with Crippen LogP contribution in [0.5, 0.6) is 0 Å². The summed E-state index contributed by atoms with van der Waals surface area (Å²) < 4.78 is 0. The zero-order valence-corrected chi connectivity index (χ0v) is 13.2. The van der Waals surface area contributed by atoms with E-state index < -0.39 is 29.4 Å². The van der Waals surface area contributed by atoms with E-state index in [9.17, 15) is 14.4 Å². The van der Waals surface area contributed by atoms with E-state index in [4.69, 9.17) is 5.41 Å². The van der Waals surface area contributed by atoms with Crippen molar-refractivity contribution in [3.63, 3.8) is 0 Å². The van der Waals surface area contributed by atoms with Crippen molar-refractivity contribution in [2.24, 2.45) is 11.0 Å². The highest BCUT2D eigenvalue weighted by Gasteiger charge is 2.50. The largest absolute Gasteiger partial charge is 0.323 e. The number of nitrogens with one attached hydrogen (secondary N) is 5. The molecule has 0 aromatic heterocycles. The lowest BCUT2D eigenvalue weighted by molar-refractivity contribution is -0.131. The number of para-hydroxylation sites is 1. The molecule has 1 atom stereocenters. The van der Waals surface area contributed by atoms with E-state index in [1.54, 1.807) is 38.1 Å². The first kappa shape index (κ1) is 17.1. The van der Waals surface area contributed by atoms with E-state index in [0.29, 0.717) is 5.69 Å². The molecule has 0 bridgehead atoms. The van der Waals surface area contributed by atoms with Crippen LogP contribution in [-0.2, 0) is 9.59 Å². The molecule has 0 spiro atoms. The van der Waals surface area contributed by atoms with Gasteiger partial charge in [0.15, 0.2) is 11.4 Å². The van der Waals surface area contributed by atoms with Crippen molar-refractivity contribution in [3.05, 3.63) is 30.3 Å². The molecule has 0 saturated carbocycles. The van der Waals surface area contributed by atoms with Gasteiger partial charge in [0.05, 0.1) is 11.9 Å². The van der Waals surface area contributed by atoms with Crippen molar-refractivity contribution < 1.29 is 14.4 Å². The lowest BCUT2D eigenvalue weighted by Crippen LogP contribution is -2.65. The van der Waals surface area contributed by atoms with E-state index in [1.807, 2.05) is 6.07 Å². The average Bonchev–Trinajstić information content (AvgIpc) is 2.83. The number of benzene rings is 1. The van der Waals surface area contributed by atoms with Gasteiger partial charge in [-0.1, -0.05) is 32.0 Å². The van der Waals surface area contributed by atoms with E-state index >= 15 is 0 Å². The molecule has 9 nitrogen and oxygen atoms in total. The normalized spacial score (nSPS) is 20.4. The van der Waals surface area contributed by atoms with Crippen LogP contribution in [0, 0.1) is 11.3 Å². The minimum Gasteiger partial charge on any atom is -0.320 e. The number of carbonyl (C=O) groups is 3. The topological polar surface area (TPSA) is 136 Å². The number of hydrogen-bond donors (Lipinski definition) is 5. The third-order valence-corrected chi connectivity index (χ3v) is 3.52. The monoisotopic (exact) mass is 330 g/mol. The van der Waals surface area contributed by atoms with E-state index in [2.05, 4.69) is 26.5 Å². The van der Waals surface area contributed by atoms with Crippen molar-refractivity contribution in [1.82, 2.24) is 16.0 Å². The van der Waals surface area contributed by atoms with Gasteiger partial charge in [-0.15, -0.1) is 0 Å². The summed E-state index contributed by atoms with van der Waals surface area (Å²) in [4.78, 5) is 35.8. The summed E-state index contributed by atoms with van der Waals surface area (Å²) in [5.74, 6) is -1.84. The summed E-state index contributed by atoms with van der Waals surface area (Å²) in [6.45, 7) is 3.35. The first-order valence-electron chi connectivity index (χ1n) is 7.24. The van der Waals surface area contributed by atoms with Crippen LogP contribution >= 0.6 is 0 Å². The average molecular weight is 330 g/mol. The molecule has 1 saturated heterocycles. The highest BCUT2D eigenvalue weighted by Crippen LogP contribution is 2.18. The van der Waals surface area contributed by atoms with Gasteiger partial charge >= 0.3 is 6.03 Å². The minimum absolute atomic E-state index is 0.243. The van der Waals surface area contributed by atoms with E-state index in [0.717, 1.165) is 6.21 Å². The van der Waals surface area contributed by atoms with Crippen molar-refractivity contribution in [3.8, 4) is 0 Å². The Morgan fingerprint density at radius 3 is 2.46 bits per heavy atom. The Kier molecular flexibility index (Phi) is 4.93. The zero-order chi connectivity index (χ0) is 17.7. The number of rotatable bonds is 6. The summed E-state index contributed by atoms with van der Waals surface area (Å²) in [5.41, 5.74) is 1.46. The van der Waals surface area contributed by atoms with Gasteiger partial charge in [0.2, 0.25) is 0 Å². The van der Waals surface area contributed by atoms with Gasteiger partial charge in [-0.2, -0.15) is 5.10 Å². The van der Waals surface area contributed by atoms with Gasteiger partial charge in [-0.05, 0) is 12.1 Å². The minimum atomic E-state index is -1.58. The van der Waals surface area contributed by atoms with Gasteiger partial charge in [0, 0.05) is 5.92 Å². The lowest BCUT2D eigenvalue weighted by Gasteiger charge is -2.30. The van der Waals surface area contributed by atoms with Gasteiger partial charge < -0.3 is 16.0 Å². The van der Waals surface area contributed by atoms with E-state index in [-0.39, 0.29) is 5.71 Å². The molecule has 0 radical (unpaired) electrons. The van der Waals surface area contributed by atoms with Crippen LogP contribution in [0.15, 0.2) is 35.4 Å². The second kappa shape index (κ2) is 6.90. The van der Waals surface area contributed by atoms with Crippen LogP contribution in [0.4, 0.5) is 10.5 Å². The molecular formula is C15H18N6O3. The van der Waals surface area contributed by atoms with Gasteiger partial charge in [-0.3, -0.25) is 20.3 Å². The third-order valence-electron chi connectivity index (χ3n) is 3.52. The van der Waals surface area contributed by atoms with Gasteiger partial charge in [0.25, 0.3) is 11.8 Å². The maximum Gasteiger partial charge on any atom is 0.323 e. The highest BCUT2D eigenvalue weighted by atomic mass is 16.2. The Morgan fingerprint density at radius 1 is 1.29 bits per heavy atom. The molecule has 0 aliphatic carbocycles. The number of amides is 4. The van der Waals surface area contributed by atoms with Gasteiger partial charge in [0.1, 0.15) is 0 Å². The number of hydrogen-bond acceptors (Lipinski definition) is 6. The fourth-order valence-electron chi connectivity index (χ4n) is 2.14. The van der Waals surface area contributed by atoms with Crippen LogP contribution in [0.1, 0.15) is 13.8 Å². The zero-order valence-electron chi connectivity index (χ0n) is 13.2. The van der Waals surface area contributed by atoms with Crippen LogP contribution in [0.3, 0.4) is 0 Å². The van der Waals surface area contributed by atoms with E-state index in [1.165, 1.54) is 0 Å². The second-order valence-electron chi connectivity index (χ2n) is 5.44. The molecule has 1 aliphatic rings. The molecule has 1 unspecified atom stereocenters. The molecule has 5 N–H and O–H groups in total. The number of anilines is 1. The molecule has 1 aliphatic heterocycles. The molecule has 1 aromatic carbocycles.